The predicted octanol–water partition coefficient (Wildman–Crippen LogP) is 5.15. The SMILES string of the molecule is c1ccc2c(c1)[nH]c1nccc(-c3nc(NC45CCNCC4C5)c4c(C5CCC5)cncc4n3)c12. The lowest BCUT2D eigenvalue weighted by Gasteiger charge is -2.29. The molecular formula is C28H27N7. The zero-order valence-corrected chi connectivity index (χ0v) is 19.5. The number of benzene rings is 1. The Bertz CT molecular complexity index is 1620. The number of aromatic amines is 1. The monoisotopic (exact) mass is 461 g/mol. The van der Waals surface area contributed by atoms with Crippen molar-refractivity contribution in [2.75, 3.05) is 18.4 Å². The van der Waals surface area contributed by atoms with Gasteiger partial charge in [-0.2, -0.15) is 0 Å². The largest absolute Gasteiger partial charge is 0.364 e. The molecule has 2 saturated carbocycles. The number of H-pyrrole nitrogens is 1. The summed E-state index contributed by atoms with van der Waals surface area (Å²) in [7, 11) is 0. The fourth-order valence-corrected chi connectivity index (χ4v) is 6.30. The molecule has 3 fully saturated rings. The van der Waals surface area contributed by atoms with Gasteiger partial charge in [0.1, 0.15) is 11.5 Å². The third kappa shape index (κ3) is 2.94. The normalized spacial score (nSPS) is 23.9. The Labute approximate surface area is 202 Å². The first-order valence-electron chi connectivity index (χ1n) is 12.8. The van der Waals surface area contributed by atoms with Gasteiger partial charge in [0.2, 0.25) is 0 Å². The Morgan fingerprint density at radius 2 is 1.97 bits per heavy atom. The minimum Gasteiger partial charge on any atom is -0.364 e. The first kappa shape index (κ1) is 19.7. The van der Waals surface area contributed by atoms with Crippen molar-refractivity contribution in [1.29, 1.82) is 0 Å². The Morgan fingerprint density at radius 1 is 1.03 bits per heavy atom. The van der Waals surface area contributed by atoms with Crippen molar-refractivity contribution in [3.05, 3.63) is 54.5 Å². The maximum atomic E-state index is 5.26. The molecular weight excluding hydrogens is 434 g/mol. The summed E-state index contributed by atoms with van der Waals surface area (Å²) in [6.45, 7) is 2.14. The highest BCUT2D eigenvalue weighted by Crippen LogP contribution is 2.51. The topological polar surface area (TPSA) is 91.4 Å². The molecule has 7 heteroatoms. The second-order valence-electron chi connectivity index (χ2n) is 10.5. The Morgan fingerprint density at radius 3 is 2.86 bits per heavy atom. The van der Waals surface area contributed by atoms with Crippen LogP contribution in [0.5, 0.6) is 0 Å². The smallest absolute Gasteiger partial charge is 0.163 e. The van der Waals surface area contributed by atoms with E-state index in [0.29, 0.717) is 11.8 Å². The summed E-state index contributed by atoms with van der Waals surface area (Å²) < 4.78 is 0. The average molecular weight is 462 g/mol. The van der Waals surface area contributed by atoms with Crippen LogP contribution in [0.2, 0.25) is 0 Å². The molecule has 0 bridgehead atoms. The van der Waals surface area contributed by atoms with Crippen LogP contribution in [0.1, 0.15) is 43.6 Å². The van der Waals surface area contributed by atoms with Gasteiger partial charge in [-0.05, 0) is 61.8 Å². The van der Waals surface area contributed by atoms with Crippen molar-refractivity contribution in [1.82, 2.24) is 30.2 Å². The quantitative estimate of drug-likeness (QED) is 0.343. The van der Waals surface area contributed by atoms with Gasteiger partial charge in [0.25, 0.3) is 0 Å². The van der Waals surface area contributed by atoms with Crippen molar-refractivity contribution in [3.8, 4) is 11.4 Å². The van der Waals surface area contributed by atoms with E-state index in [0.717, 1.165) is 69.6 Å². The number of para-hydroxylation sites is 1. The highest BCUT2D eigenvalue weighted by Gasteiger charge is 2.55. The molecule has 1 aromatic carbocycles. The third-order valence-electron chi connectivity index (χ3n) is 8.56. The van der Waals surface area contributed by atoms with E-state index in [9.17, 15) is 0 Å². The van der Waals surface area contributed by atoms with Crippen LogP contribution in [0.15, 0.2) is 48.9 Å². The Kier molecular flexibility index (Phi) is 4.06. The Balaban J connectivity index is 1.37. The number of anilines is 1. The first-order valence-corrected chi connectivity index (χ1v) is 12.8. The van der Waals surface area contributed by atoms with E-state index < -0.39 is 0 Å². The zero-order valence-electron chi connectivity index (χ0n) is 19.5. The van der Waals surface area contributed by atoms with Crippen molar-refractivity contribution >= 4 is 38.7 Å². The molecule has 2 atom stereocenters. The molecule has 35 heavy (non-hydrogen) atoms. The van der Waals surface area contributed by atoms with Gasteiger partial charge < -0.3 is 15.6 Å². The summed E-state index contributed by atoms with van der Waals surface area (Å²) in [5.74, 6) is 2.93. The van der Waals surface area contributed by atoms with Crippen LogP contribution < -0.4 is 10.6 Å². The zero-order chi connectivity index (χ0) is 23.0. The van der Waals surface area contributed by atoms with Crippen LogP contribution >= 0.6 is 0 Å². The number of piperidine rings is 1. The van der Waals surface area contributed by atoms with Gasteiger partial charge in [0.15, 0.2) is 5.82 Å². The molecule has 0 radical (unpaired) electrons. The number of hydrogen-bond acceptors (Lipinski definition) is 6. The second kappa shape index (κ2) is 7.21. The van der Waals surface area contributed by atoms with Crippen LogP contribution in [0.25, 0.3) is 44.2 Å². The summed E-state index contributed by atoms with van der Waals surface area (Å²) in [4.78, 5) is 23.1. The van der Waals surface area contributed by atoms with Gasteiger partial charge in [-0.1, -0.05) is 24.6 Å². The van der Waals surface area contributed by atoms with Gasteiger partial charge in [0, 0.05) is 51.7 Å². The van der Waals surface area contributed by atoms with E-state index >= 15 is 0 Å². The molecule has 3 aliphatic rings. The third-order valence-corrected chi connectivity index (χ3v) is 8.56. The molecule has 4 aromatic heterocycles. The molecule has 1 aliphatic heterocycles. The molecule has 8 rings (SSSR count). The van der Waals surface area contributed by atoms with Crippen LogP contribution in [0, 0.1) is 5.92 Å². The maximum absolute atomic E-state index is 5.26. The van der Waals surface area contributed by atoms with E-state index in [1.807, 2.05) is 24.5 Å². The summed E-state index contributed by atoms with van der Waals surface area (Å²) in [5, 5.41) is 10.9. The minimum absolute atomic E-state index is 0.151. The lowest BCUT2D eigenvalue weighted by molar-refractivity contribution is 0.421. The number of nitrogens with one attached hydrogen (secondary N) is 3. The predicted molar refractivity (Wildman–Crippen MR) is 138 cm³/mol. The van der Waals surface area contributed by atoms with Crippen LogP contribution in [0.3, 0.4) is 0 Å². The van der Waals surface area contributed by atoms with Crippen LogP contribution in [0.4, 0.5) is 5.82 Å². The van der Waals surface area contributed by atoms with E-state index in [-0.39, 0.29) is 5.54 Å². The van der Waals surface area contributed by atoms with E-state index in [4.69, 9.17) is 9.97 Å². The average Bonchev–Trinajstić information content (AvgIpc) is 3.44. The molecule has 2 unspecified atom stereocenters. The maximum Gasteiger partial charge on any atom is 0.163 e. The summed E-state index contributed by atoms with van der Waals surface area (Å²) in [5.41, 5.74) is 5.32. The van der Waals surface area contributed by atoms with Gasteiger partial charge >= 0.3 is 0 Å². The second-order valence-corrected chi connectivity index (χ2v) is 10.5. The lowest BCUT2D eigenvalue weighted by Crippen LogP contribution is -2.38. The molecule has 0 spiro atoms. The molecule has 7 nitrogen and oxygen atoms in total. The first-order chi connectivity index (χ1) is 17.3. The van der Waals surface area contributed by atoms with Gasteiger partial charge in [-0.25, -0.2) is 15.0 Å². The summed E-state index contributed by atoms with van der Waals surface area (Å²) in [6.07, 6.45) is 11.9. The van der Waals surface area contributed by atoms with Gasteiger partial charge in [0.05, 0.1) is 11.7 Å². The van der Waals surface area contributed by atoms with Crippen molar-refractivity contribution < 1.29 is 0 Å². The number of aromatic nitrogens is 5. The van der Waals surface area contributed by atoms with E-state index in [1.165, 1.54) is 31.2 Å². The molecule has 3 N–H and O–H groups in total. The summed E-state index contributed by atoms with van der Waals surface area (Å²) in [6, 6.07) is 10.4. The fourth-order valence-electron chi connectivity index (χ4n) is 6.30. The molecule has 5 aromatic rings. The number of hydrogen-bond donors (Lipinski definition) is 3. The lowest BCUT2D eigenvalue weighted by atomic mass is 9.79. The van der Waals surface area contributed by atoms with E-state index in [1.54, 1.807) is 0 Å². The van der Waals surface area contributed by atoms with Gasteiger partial charge in [-0.15, -0.1) is 0 Å². The molecule has 174 valence electrons. The van der Waals surface area contributed by atoms with Crippen LogP contribution in [-0.4, -0.2) is 43.5 Å². The number of pyridine rings is 2. The highest BCUT2D eigenvalue weighted by atomic mass is 15.2. The number of nitrogens with zero attached hydrogens (tertiary/aromatic N) is 4. The van der Waals surface area contributed by atoms with Gasteiger partial charge in [-0.3, -0.25) is 4.98 Å². The summed E-state index contributed by atoms with van der Waals surface area (Å²) >= 11 is 0. The molecule has 1 saturated heterocycles. The molecule has 0 amide bonds. The number of fused-ring (bicyclic) bond motifs is 5. The highest BCUT2D eigenvalue weighted by molar-refractivity contribution is 6.12. The van der Waals surface area contributed by atoms with Crippen molar-refractivity contribution in [2.45, 2.75) is 43.6 Å². The molecule has 2 aliphatic carbocycles. The minimum atomic E-state index is 0.151. The van der Waals surface area contributed by atoms with Crippen molar-refractivity contribution in [2.24, 2.45) is 5.92 Å². The van der Waals surface area contributed by atoms with Crippen LogP contribution in [-0.2, 0) is 0 Å². The van der Waals surface area contributed by atoms with Crippen molar-refractivity contribution in [3.63, 3.8) is 0 Å². The molecule has 5 heterocycles. The standard InChI is InChI=1S/C28H27N7/c1-2-7-21-18(6-1)23-19(8-10-31-26(23)32-21)25-33-22-15-30-14-20(16-4-3-5-16)24(22)27(34-25)35-28-9-11-29-13-17(28)12-28/h1-2,6-8,10,14-17,29H,3-5,9,11-13H2,(H,31,32)(H,33,34,35). The fraction of sp³-hybridized carbons (Fsp3) is 0.357. The van der Waals surface area contributed by atoms with E-state index in [2.05, 4.69) is 50.0 Å². The Hall–Kier alpha value is -3.58. The number of rotatable bonds is 4.